The largest absolute Gasteiger partial charge is 0.490 e. The zero-order chi connectivity index (χ0) is 8.20. The van der Waals surface area contributed by atoms with Gasteiger partial charge in [0.1, 0.15) is 0 Å². The molecule has 0 aromatic rings. The van der Waals surface area contributed by atoms with Crippen LogP contribution in [0.3, 0.4) is 0 Å². The van der Waals surface area contributed by atoms with Crippen molar-refractivity contribution in [2.24, 2.45) is 0 Å². The van der Waals surface area contributed by atoms with Gasteiger partial charge in [-0.3, -0.25) is 4.55 Å². The molecule has 0 radical (unpaired) electrons. The fourth-order valence-corrected chi connectivity index (χ4v) is 0.989. The zero-order valence-electron chi connectivity index (χ0n) is 5.40. The van der Waals surface area contributed by atoms with Gasteiger partial charge in [0.05, 0.1) is 12.9 Å². The highest BCUT2D eigenvalue weighted by atomic mass is 32.2. The van der Waals surface area contributed by atoms with Crippen LogP contribution in [0.5, 0.6) is 0 Å². The van der Waals surface area contributed by atoms with E-state index < -0.39 is 10.1 Å². The molecule has 1 N–H and O–H groups in total. The highest BCUT2D eigenvalue weighted by Gasteiger charge is 2.05. The summed E-state index contributed by atoms with van der Waals surface area (Å²) in [7, 11) is -2.54. The lowest BCUT2D eigenvalue weighted by Crippen LogP contribution is -2.09. The minimum absolute atomic E-state index is 0.0602. The van der Waals surface area contributed by atoms with Crippen LogP contribution >= 0.6 is 12.2 Å². The highest BCUT2D eigenvalue weighted by Crippen LogP contribution is 1.92. The third-order valence-electron chi connectivity index (χ3n) is 0.792. The molecule has 6 heteroatoms. The maximum atomic E-state index is 10.1. The SMILES string of the molecule is COC(=S)CCS(=O)(=O)O. The molecule has 60 valence electrons. The van der Waals surface area contributed by atoms with Crippen LogP contribution in [0, 0.1) is 0 Å². The van der Waals surface area contributed by atoms with Gasteiger partial charge in [0, 0.05) is 6.42 Å². The first kappa shape index (κ1) is 9.80. The van der Waals surface area contributed by atoms with Crippen molar-refractivity contribution >= 4 is 27.4 Å². The molecule has 0 aliphatic rings. The molecule has 10 heavy (non-hydrogen) atoms. The van der Waals surface area contributed by atoms with Gasteiger partial charge in [0.15, 0.2) is 5.05 Å². The molecule has 0 saturated heterocycles. The summed E-state index contributed by atoms with van der Waals surface area (Å²) in [6, 6.07) is 0. The van der Waals surface area contributed by atoms with Crippen LogP contribution in [-0.2, 0) is 14.9 Å². The Kier molecular flexibility index (Phi) is 3.77. The van der Waals surface area contributed by atoms with Gasteiger partial charge in [-0.2, -0.15) is 8.42 Å². The molecule has 0 rings (SSSR count). The maximum absolute atomic E-state index is 10.1. The molecular weight excluding hydrogens is 176 g/mol. The lowest BCUT2D eigenvalue weighted by atomic mass is 10.5. The molecule has 0 fully saturated rings. The average Bonchev–Trinajstić information content (AvgIpc) is 1.81. The molecule has 0 aromatic carbocycles. The van der Waals surface area contributed by atoms with Gasteiger partial charge in [-0.25, -0.2) is 0 Å². The van der Waals surface area contributed by atoms with Gasteiger partial charge in [-0.05, 0) is 12.2 Å². The quantitative estimate of drug-likeness (QED) is 0.502. The first-order valence-corrected chi connectivity index (χ1v) is 4.49. The van der Waals surface area contributed by atoms with Crippen molar-refractivity contribution < 1.29 is 17.7 Å². The molecule has 0 amide bonds. The molecule has 4 nitrogen and oxygen atoms in total. The Morgan fingerprint density at radius 3 is 2.50 bits per heavy atom. The molecule has 0 aliphatic heterocycles. The van der Waals surface area contributed by atoms with E-state index in [-0.39, 0.29) is 17.2 Å². The second-order valence-electron chi connectivity index (χ2n) is 1.61. The van der Waals surface area contributed by atoms with E-state index in [9.17, 15) is 8.42 Å². The molecule has 0 aromatic heterocycles. The molecule has 0 aliphatic carbocycles. The summed E-state index contributed by atoms with van der Waals surface area (Å²) in [5.41, 5.74) is 0. The third kappa shape index (κ3) is 5.93. The summed E-state index contributed by atoms with van der Waals surface area (Å²) >= 11 is 4.53. The van der Waals surface area contributed by atoms with Crippen molar-refractivity contribution in [1.82, 2.24) is 0 Å². The van der Waals surface area contributed by atoms with Crippen molar-refractivity contribution in [3.8, 4) is 0 Å². The van der Waals surface area contributed by atoms with Crippen molar-refractivity contribution in [3.63, 3.8) is 0 Å². The normalized spacial score (nSPS) is 11.0. The highest BCUT2D eigenvalue weighted by molar-refractivity contribution is 7.86. The van der Waals surface area contributed by atoms with Gasteiger partial charge < -0.3 is 4.74 Å². The van der Waals surface area contributed by atoms with Crippen LogP contribution < -0.4 is 0 Å². The predicted octanol–water partition coefficient (Wildman–Crippen LogP) is 0.238. The predicted molar refractivity (Wildman–Crippen MR) is 40.6 cm³/mol. The van der Waals surface area contributed by atoms with Crippen molar-refractivity contribution in [2.45, 2.75) is 6.42 Å². The van der Waals surface area contributed by atoms with Crippen LogP contribution in [0.2, 0.25) is 0 Å². The van der Waals surface area contributed by atoms with Crippen LogP contribution in [0.25, 0.3) is 0 Å². The molecule has 0 atom stereocenters. The van der Waals surface area contributed by atoms with Crippen LogP contribution in [0.1, 0.15) is 6.42 Å². The molecule has 0 spiro atoms. The lowest BCUT2D eigenvalue weighted by molar-refractivity contribution is 0.403. The molecular formula is C4H8O4S2. The first-order chi connectivity index (χ1) is 4.45. The van der Waals surface area contributed by atoms with Gasteiger partial charge in [0.25, 0.3) is 10.1 Å². The minimum Gasteiger partial charge on any atom is -0.490 e. The van der Waals surface area contributed by atoms with Gasteiger partial charge in [0.2, 0.25) is 0 Å². The number of thiocarbonyl (C=S) groups is 1. The Bertz CT molecular complexity index is 205. The molecule has 0 saturated carbocycles. The van der Waals surface area contributed by atoms with E-state index in [0.717, 1.165) is 0 Å². The monoisotopic (exact) mass is 184 g/mol. The number of ether oxygens (including phenoxy) is 1. The van der Waals surface area contributed by atoms with E-state index in [0.29, 0.717) is 0 Å². The fourth-order valence-electron chi connectivity index (χ4n) is 0.314. The Labute approximate surface area is 64.9 Å². The van der Waals surface area contributed by atoms with Crippen LogP contribution in [-0.4, -0.2) is 30.9 Å². The van der Waals surface area contributed by atoms with Crippen LogP contribution in [0.4, 0.5) is 0 Å². The summed E-state index contributed by atoms with van der Waals surface area (Å²) < 4.78 is 32.9. The standard InChI is InChI=1S/C4H8O4S2/c1-8-4(9)2-3-10(5,6)7/h2-3H2,1H3,(H,5,6,7). The zero-order valence-corrected chi connectivity index (χ0v) is 7.04. The molecule has 0 bridgehead atoms. The molecule has 0 heterocycles. The summed E-state index contributed by atoms with van der Waals surface area (Å²) in [6.07, 6.45) is 0.0602. The Balaban J connectivity index is 3.67. The van der Waals surface area contributed by atoms with Gasteiger partial charge in [-0.1, -0.05) is 0 Å². The second-order valence-corrected chi connectivity index (χ2v) is 3.64. The summed E-state index contributed by atoms with van der Waals surface area (Å²) in [5, 5.41) is 0.178. The van der Waals surface area contributed by atoms with Gasteiger partial charge >= 0.3 is 0 Å². The topological polar surface area (TPSA) is 63.6 Å². The number of methoxy groups -OCH3 is 1. The second kappa shape index (κ2) is 3.85. The number of rotatable bonds is 3. The van der Waals surface area contributed by atoms with Crippen molar-refractivity contribution in [3.05, 3.63) is 0 Å². The Morgan fingerprint density at radius 1 is 1.70 bits per heavy atom. The fraction of sp³-hybridized carbons (Fsp3) is 0.750. The smallest absolute Gasteiger partial charge is 0.265 e. The van der Waals surface area contributed by atoms with E-state index in [1.807, 2.05) is 0 Å². The van der Waals surface area contributed by atoms with E-state index in [1.54, 1.807) is 0 Å². The van der Waals surface area contributed by atoms with E-state index >= 15 is 0 Å². The summed E-state index contributed by atoms with van der Waals surface area (Å²) in [4.78, 5) is 0. The summed E-state index contributed by atoms with van der Waals surface area (Å²) in [6.45, 7) is 0. The molecule has 0 unspecified atom stereocenters. The van der Waals surface area contributed by atoms with Gasteiger partial charge in [-0.15, -0.1) is 0 Å². The lowest BCUT2D eigenvalue weighted by Gasteiger charge is -1.98. The van der Waals surface area contributed by atoms with E-state index in [4.69, 9.17) is 4.55 Å². The van der Waals surface area contributed by atoms with Crippen molar-refractivity contribution in [1.29, 1.82) is 0 Å². The number of hydrogen-bond donors (Lipinski definition) is 1. The van der Waals surface area contributed by atoms with Crippen molar-refractivity contribution in [2.75, 3.05) is 12.9 Å². The Hall–Kier alpha value is -0.200. The number of hydrogen-bond acceptors (Lipinski definition) is 4. The average molecular weight is 184 g/mol. The minimum atomic E-state index is -3.90. The first-order valence-electron chi connectivity index (χ1n) is 2.47. The maximum Gasteiger partial charge on any atom is 0.265 e. The third-order valence-corrected chi connectivity index (χ3v) is 1.88. The van der Waals surface area contributed by atoms with E-state index in [1.165, 1.54) is 7.11 Å². The van der Waals surface area contributed by atoms with E-state index in [2.05, 4.69) is 17.0 Å². The van der Waals surface area contributed by atoms with Crippen LogP contribution in [0.15, 0.2) is 0 Å². The summed E-state index contributed by atoms with van der Waals surface area (Å²) in [5.74, 6) is -0.375. The Morgan fingerprint density at radius 2 is 2.20 bits per heavy atom.